The number of fused-ring (bicyclic) bond motifs is 3. The molecule has 3 aromatic heterocycles. The standard InChI is InChI=1S/C56H52N8O7S/c1-32-37(11-9-14-45(32)70-36-20-16-33(17-21-36)18-26-48(65)57-35-19-22-40-44(30-35)63(5)62-50(40)41-24-27-49(66)60-53(41)68)38-23-25-47(59-51(38)54(69)71-56(2,3)4)64-29-28-34-10-8-12-39(42(34)31-64)52(67)61-55-58-43-13-6-7-15-46(43)72-55/h6-17,19-23,25,30,41H,18,24,26-29,31H2,1-5H3,(H,57,65)(H,58,61,67)(H,60,66,68). The highest BCUT2D eigenvalue weighted by atomic mass is 32.1. The minimum absolute atomic E-state index is 0.153. The van der Waals surface area contributed by atoms with Gasteiger partial charge in [0.2, 0.25) is 17.7 Å². The van der Waals surface area contributed by atoms with E-state index in [9.17, 15) is 24.0 Å². The Bertz CT molecular complexity index is 3430. The molecule has 1 fully saturated rings. The maximum Gasteiger partial charge on any atom is 0.358 e. The third-order valence-electron chi connectivity index (χ3n) is 12.9. The molecule has 16 heteroatoms. The Kier molecular flexibility index (Phi) is 12.9. The number of pyridine rings is 1. The van der Waals surface area contributed by atoms with Gasteiger partial charge in [0.15, 0.2) is 10.8 Å². The lowest BCUT2D eigenvalue weighted by Gasteiger charge is -2.31. The highest BCUT2D eigenvalue weighted by Gasteiger charge is 2.32. The summed E-state index contributed by atoms with van der Waals surface area (Å²) in [5, 5.41) is 14.3. The Hall–Kier alpha value is -8.24. The first-order chi connectivity index (χ1) is 34.6. The van der Waals surface area contributed by atoms with Crippen molar-refractivity contribution >= 4 is 78.7 Å². The lowest BCUT2D eigenvalue weighted by atomic mass is 9.93. The molecule has 1 atom stereocenters. The van der Waals surface area contributed by atoms with Crippen molar-refractivity contribution in [3.05, 3.63) is 154 Å². The maximum atomic E-state index is 14.1. The monoisotopic (exact) mass is 980 g/mol. The summed E-state index contributed by atoms with van der Waals surface area (Å²) in [5.41, 5.74) is 7.85. The molecule has 4 amide bonds. The topological polar surface area (TPSA) is 187 Å². The third kappa shape index (κ3) is 10.0. The highest BCUT2D eigenvalue weighted by Crippen LogP contribution is 2.37. The molecule has 8 aromatic rings. The van der Waals surface area contributed by atoms with Crippen molar-refractivity contribution in [2.45, 2.75) is 77.9 Å². The van der Waals surface area contributed by atoms with E-state index >= 15 is 0 Å². The second-order valence-electron chi connectivity index (χ2n) is 19.1. The Morgan fingerprint density at radius 1 is 0.861 bits per heavy atom. The molecule has 0 radical (unpaired) electrons. The largest absolute Gasteiger partial charge is 0.457 e. The number of aryl methyl sites for hydroxylation is 2. The van der Waals surface area contributed by atoms with Gasteiger partial charge in [-0.25, -0.2) is 14.8 Å². The van der Waals surface area contributed by atoms with Crippen LogP contribution in [0.3, 0.4) is 0 Å². The smallest absolute Gasteiger partial charge is 0.358 e. The first-order valence-electron chi connectivity index (χ1n) is 23.9. The van der Waals surface area contributed by atoms with E-state index in [1.165, 1.54) is 11.3 Å². The molecule has 2 aliphatic rings. The summed E-state index contributed by atoms with van der Waals surface area (Å²) in [6.07, 6.45) is 2.08. The number of imide groups is 1. The van der Waals surface area contributed by atoms with Crippen molar-refractivity contribution < 1.29 is 33.4 Å². The van der Waals surface area contributed by atoms with Crippen LogP contribution < -0.4 is 25.6 Å². The Balaban J connectivity index is 0.817. The number of thiazole rings is 1. The van der Waals surface area contributed by atoms with E-state index in [-0.39, 0.29) is 42.2 Å². The number of para-hydroxylation sites is 1. The fraction of sp³-hybridized carbons (Fsp3) is 0.250. The average molecular weight is 981 g/mol. The van der Waals surface area contributed by atoms with E-state index in [0.29, 0.717) is 77.3 Å². The maximum absolute atomic E-state index is 14.1. The number of ether oxygens (including phenoxy) is 2. The molecule has 5 aromatic carbocycles. The Morgan fingerprint density at radius 3 is 2.46 bits per heavy atom. The van der Waals surface area contributed by atoms with E-state index in [2.05, 4.69) is 37.0 Å². The quantitative estimate of drug-likeness (QED) is 0.0781. The van der Waals surface area contributed by atoms with E-state index in [1.807, 2.05) is 131 Å². The molecular formula is C56H52N8O7S. The molecule has 10 rings (SSSR count). The molecule has 1 saturated heterocycles. The van der Waals surface area contributed by atoms with Crippen LogP contribution in [0.25, 0.3) is 32.2 Å². The Labute approximate surface area is 419 Å². The number of anilines is 3. The zero-order valence-electron chi connectivity index (χ0n) is 40.5. The molecule has 72 heavy (non-hydrogen) atoms. The molecule has 0 spiro atoms. The van der Waals surface area contributed by atoms with Gasteiger partial charge < -0.3 is 19.7 Å². The number of esters is 1. The summed E-state index contributed by atoms with van der Waals surface area (Å²) in [6, 6.07) is 36.1. The molecule has 1 unspecified atom stereocenters. The molecule has 5 heterocycles. The summed E-state index contributed by atoms with van der Waals surface area (Å²) in [4.78, 5) is 76.9. The van der Waals surface area contributed by atoms with Crippen molar-refractivity contribution in [3.63, 3.8) is 0 Å². The van der Waals surface area contributed by atoms with Gasteiger partial charge in [0.25, 0.3) is 5.91 Å². The van der Waals surface area contributed by atoms with Gasteiger partial charge in [0, 0.05) is 55.2 Å². The van der Waals surface area contributed by atoms with E-state index in [4.69, 9.17) is 14.5 Å². The average Bonchev–Trinajstić information content (AvgIpc) is 3.92. The van der Waals surface area contributed by atoms with Gasteiger partial charge >= 0.3 is 5.97 Å². The minimum atomic E-state index is -0.778. The summed E-state index contributed by atoms with van der Waals surface area (Å²) in [6.45, 7) is 8.45. The van der Waals surface area contributed by atoms with E-state index in [0.717, 1.165) is 48.9 Å². The van der Waals surface area contributed by atoms with Gasteiger partial charge in [-0.2, -0.15) is 5.10 Å². The fourth-order valence-corrected chi connectivity index (χ4v) is 10.2. The van der Waals surface area contributed by atoms with Crippen molar-refractivity contribution in [2.24, 2.45) is 7.05 Å². The lowest BCUT2D eigenvalue weighted by molar-refractivity contribution is -0.134. The van der Waals surface area contributed by atoms with Gasteiger partial charge in [0.05, 0.1) is 27.3 Å². The normalized spacial score (nSPS) is 14.7. The zero-order chi connectivity index (χ0) is 50.3. The molecular weight excluding hydrogens is 929 g/mol. The first kappa shape index (κ1) is 47.4. The number of carbonyl (C=O) groups excluding carboxylic acids is 5. The van der Waals surface area contributed by atoms with Gasteiger partial charge in [-0.1, -0.05) is 59.9 Å². The summed E-state index contributed by atoms with van der Waals surface area (Å²) < 4.78 is 15.1. The number of nitrogens with one attached hydrogen (secondary N) is 3. The second-order valence-corrected chi connectivity index (χ2v) is 20.1. The summed E-state index contributed by atoms with van der Waals surface area (Å²) in [5.74, 6) is -0.297. The SMILES string of the molecule is Cc1c(Oc2ccc(CCC(=O)Nc3ccc4c(C5CCC(=O)NC5=O)nn(C)c4c3)cc2)cccc1-c1ccc(N2CCc3cccc(C(=O)Nc4nc5ccccc5s4)c3C2)nc1C(=O)OC(C)(C)C. The molecule has 0 saturated carbocycles. The van der Waals surface area contributed by atoms with Gasteiger partial charge in [-0.05, 0) is 142 Å². The summed E-state index contributed by atoms with van der Waals surface area (Å²) >= 11 is 1.43. The predicted octanol–water partition coefficient (Wildman–Crippen LogP) is 10.2. The fourth-order valence-electron chi connectivity index (χ4n) is 9.33. The number of rotatable bonds is 12. The predicted molar refractivity (Wildman–Crippen MR) is 278 cm³/mol. The first-order valence-corrected chi connectivity index (χ1v) is 24.7. The Morgan fingerprint density at radius 2 is 1.67 bits per heavy atom. The van der Waals surface area contributed by atoms with Crippen LogP contribution in [0.1, 0.15) is 94.7 Å². The summed E-state index contributed by atoms with van der Waals surface area (Å²) in [7, 11) is 1.79. The third-order valence-corrected chi connectivity index (χ3v) is 13.9. The van der Waals surface area contributed by atoms with Crippen molar-refractivity contribution in [2.75, 3.05) is 22.1 Å². The number of piperidine rings is 1. The van der Waals surface area contributed by atoms with Crippen LogP contribution >= 0.6 is 11.3 Å². The van der Waals surface area contributed by atoms with Crippen LogP contribution in [0.2, 0.25) is 0 Å². The van der Waals surface area contributed by atoms with E-state index < -0.39 is 17.5 Å². The number of hydrogen-bond donors (Lipinski definition) is 3. The number of carbonyl (C=O) groups is 5. The minimum Gasteiger partial charge on any atom is -0.457 e. The van der Waals surface area contributed by atoms with Crippen LogP contribution in [-0.2, 0) is 45.6 Å². The molecule has 364 valence electrons. The number of aromatic nitrogens is 4. The van der Waals surface area contributed by atoms with Crippen molar-refractivity contribution in [1.29, 1.82) is 0 Å². The van der Waals surface area contributed by atoms with Crippen LogP contribution in [0.5, 0.6) is 11.5 Å². The second kappa shape index (κ2) is 19.5. The number of benzene rings is 5. The number of amides is 4. The zero-order valence-corrected chi connectivity index (χ0v) is 41.3. The van der Waals surface area contributed by atoms with Crippen molar-refractivity contribution in [3.8, 4) is 22.6 Å². The number of nitrogens with zero attached hydrogens (tertiary/aromatic N) is 5. The van der Waals surface area contributed by atoms with Gasteiger partial charge in [-0.3, -0.25) is 34.5 Å². The van der Waals surface area contributed by atoms with Crippen LogP contribution in [0.4, 0.5) is 16.6 Å². The van der Waals surface area contributed by atoms with Crippen LogP contribution in [0.15, 0.2) is 115 Å². The molecule has 0 bridgehead atoms. The highest BCUT2D eigenvalue weighted by molar-refractivity contribution is 7.22. The van der Waals surface area contributed by atoms with Crippen LogP contribution in [0, 0.1) is 6.92 Å². The number of hydrogen-bond acceptors (Lipinski definition) is 12. The molecule has 2 aliphatic heterocycles. The van der Waals surface area contributed by atoms with E-state index in [1.54, 1.807) is 17.8 Å². The molecule has 0 aliphatic carbocycles. The molecule has 15 nitrogen and oxygen atoms in total. The van der Waals surface area contributed by atoms with Gasteiger partial charge in [-0.15, -0.1) is 0 Å². The van der Waals surface area contributed by atoms with Crippen LogP contribution in [-0.4, -0.2) is 61.5 Å². The van der Waals surface area contributed by atoms with Crippen molar-refractivity contribution in [1.82, 2.24) is 25.1 Å². The lowest BCUT2D eigenvalue weighted by Crippen LogP contribution is -2.39. The van der Waals surface area contributed by atoms with Gasteiger partial charge in [0.1, 0.15) is 22.9 Å². The molecule has 3 N–H and O–H groups in total.